The highest BCUT2D eigenvalue weighted by Crippen LogP contribution is 2.26. The number of hydrogen-bond acceptors (Lipinski definition) is 5. The van der Waals surface area contributed by atoms with Crippen molar-refractivity contribution in [3.63, 3.8) is 0 Å². The van der Waals surface area contributed by atoms with Crippen LogP contribution in [0.25, 0.3) is 5.65 Å². The lowest BCUT2D eigenvalue weighted by Crippen LogP contribution is -2.12. The summed E-state index contributed by atoms with van der Waals surface area (Å²) >= 11 is 5.92. The lowest BCUT2D eigenvalue weighted by molar-refractivity contribution is -0.384. The summed E-state index contributed by atoms with van der Waals surface area (Å²) in [6, 6.07) is 7.53. The normalized spacial score (nSPS) is 10.7. The number of imidazole rings is 1. The SMILES string of the molecule is NC(=O)c1ccc(NCc2cn3cc(Cl)ccc3n2)c([N+](=O)[O-])c1. The van der Waals surface area contributed by atoms with Gasteiger partial charge in [0.25, 0.3) is 5.69 Å². The van der Waals surface area contributed by atoms with Gasteiger partial charge in [0.15, 0.2) is 0 Å². The predicted molar refractivity (Wildman–Crippen MR) is 89.1 cm³/mol. The minimum absolute atomic E-state index is 0.0784. The molecule has 2 heterocycles. The third-order valence-corrected chi connectivity index (χ3v) is 3.63. The highest BCUT2D eigenvalue weighted by Gasteiger charge is 2.16. The van der Waals surface area contributed by atoms with E-state index in [-0.39, 0.29) is 23.5 Å². The van der Waals surface area contributed by atoms with Gasteiger partial charge in [-0.1, -0.05) is 11.6 Å². The van der Waals surface area contributed by atoms with Gasteiger partial charge in [0.05, 0.1) is 22.2 Å². The van der Waals surface area contributed by atoms with Crippen molar-refractivity contribution < 1.29 is 9.72 Å². The Balaban J connectivity index is 1.84. The van der Waals surface area contributed by atoms with E-state index in [0.717, 1.165) is 11.7 Å². The monoisotopic (exact) mass is 345 g/mol. The number of nitrogens with two attached hydrogens (primary N) is 1. The van der Waals surface area contributed by atoms with E-state index in [9.17, 15) is 14.9 Å². The topological polar surface area (TPSA) is 116 Å². The molecule has 9 heteroatoms. The molecular formula is C15H12ClN5O3. The number of benzene rings is 1. The summed E-state index contributed by atoms with van der Waals surface area (Å²) in [5, 5.41) is 14.7. The smallest absolute Gasteiger partial charge is 0.293 e. The Bertz CT molecular complexity index is 953. The standard InChI is InChI=1S/C15H12ClN5O3/c16-10-2-4-14-19-11(8-20(14)7-10)6-18-12-3-1-9(15(17)22)5-13(12)21(23)24/h1-5,7-8,18H,6H2,(H2,17,22). The number of pyridine rings is 1. The molecular weight excluding hydrogens is 334 g/mol. The quantitative estimate of drug-likeness (QED) is 0.544. The van der Waals surface area contributed by atoms with Gasteiger partial charge in [0, 0.05) is 24.0 Å². The van der Waals surface area contributed by atoms with Crippen molar-refractivity contribution in [3.05, 3.63) is 69.1 Å². The van der Waals surface area contributed by atoms with E-state index >= 15 is 0 Å². The number of primary amides is 1. The number of nitro benzene ring substituents is 1. The second-order valence-corrected chi connectivity index (χ2v) is 5.49. The zero-order valence-corrected chi connectivity index (χ0v) is 13.0. The molecule has 3 rings (SSSR count). The van der Waals surface area contributed by atoms with Gasteiger partial charge >= 0.3 is 0 Å². The molecule has 3 N–H and O–H groups in total. The molecule has 0 atom stereocenters. The maximum atomic E-state index is 11.2. The van der Waals surface area contributed by atoms with E-state index < -0.39 is 10.8 Å². The van der Waals surface area contributed by atoms with Gasteiger partial charge in [-0.25, -0.2) is 4.98 Å². The van der Waals surface area contributed by atoms with Crippen LogP contribution in [0.1, 0.15) is 16.1 Å². The average Bonchev–Trinajstić information content (AvgIpc) is 2.94. The summed E-state index contributed by atoms with van der Waals surface area (Å²) in [4.78, 5) is 26.1. The number of fused-ring (bicyclic) bond motifs is 1. The van der Waals surface area contributed by atoms with Gasteiger partial charge < -0.3 is 15.5 Å². The molecule has 0 radical (unpaired) electrons. The van der Waals surface area contributed by atoms with Crippen molar-refractivity contribution in [1.82, 2.24) is 9.38 Å². The number of rotatable bonds is 5. The molecule has 0 spiro atoms. The van der Waals surface area contributed by atoms with Crippen LogP contribution in [0, 0.1) is 10.1 Å². The van der Waals surface area contributed by atoms with E-state index in [0.29, 0.717) is 10.7 Å². The fraction of sp³-hybridized carbons (Fsp3) is 0.0667. The molecule has 0 saturated heterocycles. The summed E-state index contributed by atoms with van der Waals surface area (Å²) in [5.41, 5.74) is 6.68. The molecule has 1 aromatic carbocycles. The van der Waals surface area contributed by atoms with Gasteiger partial charge in [-0.3, -0.25) is 14.9 Å². The van der Waals surface area contributed by atoms with E-state index in [1.165, 1.54) is 12.1 Å². The lowest BCUT2D eigenvalue weighted by Gasteiger charge is -2.06. The van der Waals surface area contributed by atoms with Crippen molar-refractivity contribution >= 4 is 34.5 Å². The first-order valence-electron chi connectivity index (χ1n) is 6.89. The van der Waals surface area contributed by atoms with Crippen molar-refractivity contribution in [2.24, 2.45) is 5.73 Å². The maximum absolute atomic E-state index is 11.2. The number of aromatic nitrogens is 2. The third kappa shape index (κ3) is 3.13. The molecule has 0 aliphatic rings. The molecule has 8 nitrogen and oxygen atoms in total. The van der Waals surface area contributed by atoms with E-state index in [1.807, 2.05) is 0 Å². The summed E-state index contributed by atoms with van der Waals surface area (Å²) in [5.74, 6) is -0.720. The van der Waals surface area contributed by atoms with Crippen LogP contribution >= 0.6 is 11.6 Å². The van der Waals surface area contributed by atoms with Crippen LogP contribution in [0.5, 0.6) is 0 Å². The number of nitro groups is 1. The number of carbonyl (C=O) groups excluding carboxylic acids is 1. The van der Waals surface area contributed by atoms with Crippen LogP contribution in [0.3, 0.4) is 0 Å². The molecule has 0 unspecified atom stereocenters. The lowest BCUT2D eigenvalue weighted by atomic mass is 10.1. The molecule has 24 heavy (non-hydrogen) atoms. The van der Waals surface area contributed by atoms with E-state index in [4.69, 9.17) is 17.3 Å². The van der Waals surface area contributed by atoms with Gasteiger partial charge in [0.1, 0.15) is 11.3 Å². The summed E-state index contributed by atoms with van der Waals surface area (Å²) in [6.07, 6.45) is 3.50. The number of hydrogen-bond donors (Lipinski definition) is 2. The molecule has 0 fully saturated rings. The zero-order chi connectivity index (χ0) is 17.3. The Hall–Kier alpha value is -3.13. The number of nitrogens with one attached hydrogen (secondary N) is 1. The summed E-state index contributed by atoms with van der Waals surface area (Å²) in [7, 11) is 0. The van der Waals surface area contributed by atoms with Crippen LogP contribution in [-0.2, 0) is 6.54 Å². The Morgan fingerprint density at radius 3 is 2.83 bits per heavy atom. The Kier molecular flexibility index (Phi) is 4.05. The van der Waals surface area contributed by atoms with Crippen LogP contribution in [0.4, 0.5) is 11.4 Å². The number of nitrogens with zero attached hydrogens (tertiary/aromatic N) is 3. The first-order chi connectivity index (χ1) is 11.4. The van der Waals surface area contributed by atoms with Crippen LogP contribution in [0.2, 0.25) is 5.02 Å². The molecule has 0 bridgehead atoms. The largest absolute Gasteiger partial charge is 0.374 e. The average molecular weight is 346 g/mol. The second kappa shape index (κ2) is 6.17. The fourth-order valence-corrected chi connectivity index (χ4v) is 2.44. The van der Waals surface area contributed by atoms with Gasteiger partial charge in [-0.2, -0.15) is 0 Å². The number of anilines is 1. The number of halogens is 1. The highest BCUT2D eigenvalue weighted by molar-refractivity contribution is 6.30. The first kappa shape index (κ1) is 15.8. The Morgan fingerprint density at radius 2 is 2.12 bits per heavy atom. The predicted octanol–water partition coefficient (Wildman–Crippen LogP) is 2.61. The molecule has 2 aromatic heterocycles. The van der Waals surface area contributed by atoms with Crippen LogP contribution in [0.15, 0.2) is 42.7 Å². The van der Waals surface area contributed by atoms with Crippen molar-refractivity contribution in [3.8, 4) is 0 Å². The fourth-order valence-electron chi connectivity index (χ4n) is 2.27. The molecule has 0 saturated carbocycles. The molecule has 0 aliphatic heterocycles. The molecule has 122 valence electrons. The van der Waals surface area contributed by atoms with E-state index in [2.05, 4.69) is 10.3 Å². The molecule has 1 amide bonds. The van der Waals surface area contributed by atoms with Crippen molar-refractivity contribution in [2.45, 2.75) is 6.54 Å². The van der Waals surface area contributed by atoms with Gasteiger partial charge in [-0.05, 0) is 24.3 Å². The number of carbonyl (C=O) groups is 1. The van der Waals surface area contributed by atoms with Crippen molar-refractivity contribution in [2.75, 3.05) is 5.32 Å². The molecule has 0 aliphatic carbocycles. The van der Waals surface area contributed by atoms with Gasteiger partial charge in [-0.15, -0.1) is 0 Å². The van der Waals surface area contributed by atoms with Crippen LogP contribution < -0.4 is 11.1 Å². The van der Waals surface area contributed by atoms with Gasteiger partial charge in [0.2, 0.25) is 5.91 Å². The second-order valence-electron chi connectivity index (χ2n) is 5.05. The van der Waals surface area contributed by atoms with Crippen LogP contribution in [-0.4, -0.2) is 20.2 Å². The maximum Gasteiger partial charge on any atom is 0.293 e. The minimum atomic E-state index is -0.720. The molecule has 3 aromatic rings. The first-order valence-corrected chi connectivity index (χ1v) is 7.27. The highest BCUT2D eigenvalue weighted by atomic mass is 35.5. The van der Waals surface area contributed by atoms with Crippen molar-refractivity contribution in [1.29, 1.82) is 0 Å². The number of amides is 1. The van der Waals surface area contributed by atoms with E-state index in [1.54, 1.807) is 28.9 Å². The minimum Gasteiger partial charge on any atom is -0.374 e. The summed E-state index contributed by atoms with van der Waals surface area (Å²) < 4.78 is 1.77. The Morgan fingerprint density at radius 1 is 1.33 bits per heavy atom. The zero-order valence-electron chi connectivity index (χ0n) is 12.3. The third-order valence-electron chi connectivity index (χ3n) is 3.40. The summed E-state index contributed by atoms with van der Waals surface area (Å²) in [6.45, 7) is 0.274. The Labute approximate surface area is 141 Å².